The Bertz CT molecular complexity index is 82.4. The normalized spacial score (nSPS) is 4.00. The summed E-state index contributed by atoms with van der Waals surface area (Å²) in [7, 11) is 0. The summed E-state index contributed by atoms with van der Waals surface area (Å²) >= 11 is 0. The van der Waals surface area contributed by atoms with Gasteiger partial charge in [-0.2, -0.15) is 0 Å². The zero-order chi connectivity index (χ0) is 5.15. The van der Waals surface area contributed by atoms with Crippen molar-refractivity contribution in [3.63, 3.8) is 0 Å². The SMILES string of the molecule is O.O.O.O=C([O-])C(=O)[O-].[Cr+3].[K+]. The van der Waals surface area contributed by atoms with Gasteiger partial charge in [-0.15, -0.1) is 0 Å². The molecule has 0 aromatic rings. The molecular weight excluding hydrogens is 227 g/mol. The van der Waals surface area contributed by atoms with E-state index in [1.165, 1.54) is 0 Å². The van der Waals surface area contributed by atoms with E-state index in [0.29, 0.717) is 0 Å². The minimum Gasteiger partial charge on any atom is -0.543 e. The van der Waals surface area contributed by atoms with Gasteiger partial charge in [0.2, 0.25) is 0 Å². The topological polar surface area (TPSA) is 175 Å². The van der Waals surface area contributed by atoms with E-state index >= 15 is 0 Å². The van der Waals surface area contributed by atoms with Crippen LogP contribution in [0.2, 0.25) is 0 Å². The van der Waals surface area contributed by atoms with Crippen LogP contribution in [0.4, 0.5) is 0 Å². The van der Waals surface area contributed by atoms with Crippen LogP contribution in [0.15, 0.2) is 0 Å². The first-order valence-electron chi connectivity index (χ1n) is 1.07. The molecule has 11 heavy (non-hydrogen) atoms. The van der Waals surface area contributed by atoms with Gasteiger partial charge in [-0.1, -0.05) is 0 Å². The average Bonchev–Trinajstić information content (AvgIpc) is 1.36. The van der Waals surface area contributed by atoms with Crippen molar-refractivity contribution in [2.24, 2.45) is 0 Å². The molecule has 0 spiro atoms. The fraction of sp³-hybridized carbons (Fsp3) is 0. The third-order valence-corrected chi connectivity index (χ3v) is 0.167. The Morgan fingerprint density at radius 1 is 0.818 bits per heavy atom. The van der Waals surface area contributed by atoms with Gasteiger partial charge >= 0.3 is 68.7 Å². The fourth-order valence-corrected chi connectivity index (χ4v) is 0. The van der Waals surface area contributed by atoms with Crippen molar-refractivity contribution in [3.8, 4) is 0 Å². The number of aliphatic carboxylic acids is 2. The van der Waals surface area contributed by atoms with Crippen molar-refractivity contribution in [1.29, 1.82) is 0 Å². The quantitative estimate of drug-likeness (QED) is 0.298. The molecule has 0 unspecified atom stereocenters. The van der Waals surface area contributed by atoms with E-state index in [4.69, 9.17) is 19.8 Å². The molecule has 0 aliphatic rings. The third kappa shape index (κ3) is 35.7. The number of carbonyl (C=O) groups excluding carboxylic acids is 2. The van der Waals surface area contributed by atoms with Crippen LogP contribution in [0.25, 0.3) is 0 Å². The van der Waals surface area contributed by atoms with E-state index in [2.05, 4.69) is 0 Å². The van der Waals surface area contributed by atoms with Gasteiger partial charge in [0, 0.05) is 0 Å². The van der Waals surface area contributed by atoms with Gasteiger partial charge in [-0.05, 0) is 0 Å². The maximum absolute atomic E-state index is 8.93. The molecule has 7 nitrogen and oxygen atoms in total. The molecule has 0 aromatic carbocycles. The zero-order valence-corrected chi connectivity index (χ0v) is 9.94. The van der Waals surface area contributed by atoms with E-state index < -0.39 is 11.9 Å². The molecule has 0 rings (SSSR count). The summed E-state index contributed by atoms with van der Waals surface area (Å²) in [5.41, 5.74) is 0. The molecule has 0 heterocycles. The standard InChI is InChI=1S/C2H2O4.Cr.K.3H2O/c3-1(4)2(5)6;;;;;/h(H,3,4)(H,5,6);;;3*1H2/q;+3;+1;;;/p-2. The van der Waals surface area contributed by atoms with Crippen LogP contribution >= 0.6 is 0 Å². The second-order valence-electron chi connectivity index (χ2n) is 0.575. The van der Waals surface area contributed by atoms with Crippen molar-refractivity contribution < 1.29 is 105 Å². The van der Waals surface area contributed by atoms with Crippen LogP contribution in [-0.4, -0.2) is 28.4 Å². The first kappa shape index (κ1) is 40.4. The van der Waals surface area contributed by atoms with E-state index in [-0.39, 0.29) is 85.2 Å². The summed E-state index contributed by atoms with van der Waals surface area (Å²) in [5.74, 6) is -4.37. The molecule has 0 fully saturated rings. The number of carboxylic acids is 2. The fourth-order valence-electron chi connectivity index (χ4n) is 0. The number of hydrogen-bond acceptors (Lipinski definition) is 4. The molecule has 9 heteroatoms. The second-order valence-corrected chi connectivity index (χ2v) is 0.575. The monoisotopic (exact) mass is 233 g/mol. The van der Waals surface area contributed by atoms with Gasteiger partial charge < -0.3 is 36.2 Å². The Kier molecular flexibility index (Phi) is 82.4. The summed E-state index contributed by atoms with van der Waals surface area (Å²) in [5, 5.41) is 17.9. The number of carboxylic acid groups (broad SMARTS) is 2. The Balaban J connectivity index is -0.0000000125. The zero-order valence-electron chi connectivity index (χ0n) is 5.54. The van der Waals surface area contributed by atoms with Gasteiger partial charge in [0.15, 0.2) is 0 Å². The largest absolute Gasteiger partial charge is 3.00 e. The molecule has 1 radical (unpaired) electrons. The molecule has 0 aromatic heterocycles. The predicted molar refractivity (Wildman–Crippen MR) is 20.9 cm³/mol. The summed E-state index contributed by atoms with van der Waals surface area (Å²) in [6.45, 7) is 0. The van der Waals surface area contributed by atoms with E-state index in [1.54, 1.807) is 0 Å². The van der Waals surface area contributed by atoms with Crippen molar-refractivity contribution in [2.45, 2.75) is 0 Å². The molecule has 0 aliphatic heterocycles. The maximum Gasteiger partial charge on any atom is 3.00 e. The van der Waals surface area contributed by atoms with Gasteiger partial charge in [0.25, 0.3) is 0 Å². The summed E-state index contributed by atoms with van der Waals surface area (Å²) in [4.78, 5) is 17.9. The number of carbonyl (C=O) groups is 2. The number of hydrogen-bond donors (Lipinski definition) is 0. The Morgan fingerprint density at radius 3 is 0.909 bits per heavy atom. The summed E-state index contributed by atoms with van der Waals surface area (Å²) in [6.07, 6.45) is 0. The van der Waals surface area contributed by atoms with Crippen molar-refractivity contribution in [3.05, 3.63) is 0 Å². The van der Waals surface area contributed by atoms with Gasteiger partial charge in [-0.3, -0.25) is 0 Å². The van der Waals surface area contributed by atoms with Gasteiger partial charge in [0.05, 0.1) is 11.9 Å². The first-order chi connectivity index (χ1) is 2.64. The molecular formula is C2H6CrKO7+2. The van der Waals surface area contributed by atoms with Crippen LogP contribution in [0, 0.1) is 0 Å². The minimum atomic E-state index is -2.19. The van der Waals surface area contributed by atoms with Crippen molar-refractivity contribution in [2.75, 3.05) is 0 Å². The molecule has 0 aliphatic carbocycles. The van der Waals surface area contributed by atoms with Gasteiger partial charge in [0.1, 0.15) is 0 Å². The molecule has 0 atom stereocenters. The predicted octanol–water partition coefficient (Wildman–Crippen LogP) is -8.99. The molecule has 6 N–H and O–H groups in total. The van der Waals surface area contributed by atoms with E-state index in [1.807, 2.05) is 0 Å². The van der Waals surface area contributed by atoms with Gasteiger partial charge in [-0.25, -0.2) is 0 Å². The average molecular weight is 233 g/mol. The minimum absolute atomic E-state index is 0. The van der Waals surface area contributed by atoms with Crippen molar-refractivity contribution >= 4 is 11.9 Å². The van der Waals surface area contributed by atoms with E-state index in [0.717, 1.165) is 0 Å². The molecule has 0 bridgehead atoms. The van der Waals surface area contributed by atoms with Crippen LogP contribution in [0.5, 0.6) is 0 Å². The van der Waals surface area contributed by atoms with E-state index in [9.17, 15) is 0 Å². The Labute approximate surface area is 115 Å². The Morgan fingerprint density at radius 2 is 0.909 bits per heavy atom. The van der Waals surface area contributed by atoms with Crippen LogP contribution in [0.1, 0.15) is 0 Å². The van der Waals surface area contributed by atoms with Crippen LogP contribution in [0.3, 0.4) is 0 Å². The van der Waals surface area contributed by atoms with Crippen LogP contribution in [-0.2, 0) is 27.0 Å². The molecule has 0 saturated carbocycles. The smallest absolute Gasteiger partial charge is 0.543 e. The summed E-state index contributed by atoms with van der Waals surface area (Å²) in [6, 6.07) is 0. The molecule has 0 amide bonds. The molecule has 0 saturated heterocycles. The first-order valence-corrected chi connectivity index (χ1v) is 1.07. The molecule has 61 valence electrons. The van der Waals surface area contributed by atoms with Crippen molar-refractivity contribution in [1.82, 2.24) is 0 Å². The summed E-state index contributed by atoms with van der Waals surface area (Å²) < 4.78 is 0. The maximum atomic E-state index is 8.93. The third-order valence-electron chi connectivity index (χ3n) is 0.167. The van der Waals surface area contributed by atoms with Crippen LogP contribution < -0.4 is 61.6 Å². The Hall–Kier alpha value is 0.989. The number of rotatable bonds is 0. The second kappa shape index (κ2) is 22.4.